The van der Waals surface area contributed by atoms with Gasteiger partial charge in [-0.2, -0.15) is 0 Å². The number of rotatable bonds is 2. The Kier molecular flexibility index (Phi) is 3.51. The molecule has 0 aliphatic heterocycles. The summed E-state index contributed by atoms with van der Waals surface area (Å²) in [6, 6.07) is 11.9. The summed E-state index contributed by atoms with van der Waals surface area (Å²) >= 11 is 7.63. The topological polar surface area (TPSA) is 16.1 Å². The minimum absolute atomic E-state index is 0.912. The van der Waals surface area contributed by atoms with Gasteiger partial charge in [-0.25, -0.2) is 4.98 Å². The third kappa shape index (κ3) is 2.57. The summed E-state index contributed by atoms with van der Waals surface area (Å²) in [5, 5.41) is 0. The van der Waals surface area contributed by atoms with E-state index in [1.54, 1.807) is 6.20 Å². The number of nitrogens with zero attached hydrogens (tertiary/aromatic N) is 2. The van der Waals surface area contributed by atoms with Crippen LogP contribution in [0.4, 0.5) is 11.5 Å². The van der Waals surface area contributed by atoms with Crippen molar-refractivity contribution in [3.05, 3.63) is 47.1 Å². The fourth-order valence-electron chi connectivity index (χ4n) is 1.37. The Hall–Kier alpha value is -1.00. The van der Waals surface area contributed by atoms with E-state index in [0.29, 0.717) is 0 Å². The van der Waals surface area contributed by atoms with E-state index in [1.165, 1.54) is 0 Å². The second kappa shape index (κ2) is 4.89. The minimum atomic E-state index is 0.912. The van der Waals surface area contributed by atoms with Crippen LogP contribution in [-0.2, 0) is 0 Å². The lowest BCUT2D eigenvalue weighted by atomic mass is 10.3. The van der Waals surface area contributed by atoms with E-state index >= 15 is 0 Å². The molecule has 2 rings (SSSR count). The van der Waals surface area contributed by atoms with Gasteiger partial charge < -0.3 is 4.90 Å². The van der Waals surface area contributed by atoms with Gasteiger partial charge in [0.1, 0.15) is 5.82 Å². The van der Waals surface area contributed by atoms with Crippen LogP contribution in [0, 0.1) is 0 Å². The lowest BCUT2D eigenvalue weighted by Crippen LogP contribution is -2.10. The molecule has 0 radical (unpaired) electrons. The van der Waals surface area contributed by atoms with Crippen LogP contribution in [0.3, 0.4) is 0 Å². The molecule has 1 heterocycles. The molecule has 0 unspecified atom stereocenters. The molecule has 0 spiro atoms. The lowest BCUT2D eigenvalue weighted by molar-refractivity contribution is 1.12. The van der Waals surface area contributed by atoms with Crippen LogP contribution in [0.2, 0.25) is 0 Å². The van der Waals surface area contributed by atoms with Crippen LogP contribution in [0.25, 0.3) is 0 Å². The molecule has 0 aliphatic rings. The molecule has 4 heteroatoms. The Morgan fingerprint density at radius 1 is 1.12 bits per heavy atom. The van der Waals surface area contributed by atoms with E-state index in [2.05, 4.69) is 33.5 Å². The van der Waals surface area contributed by atoms with Gasteiger partial charge in [0.2, 0.25) is 0 Å². The van der Waals surface area contributed by atoms with Crippen LogP contribution in [0.5, 0.6) is 0 Å². The van der Waals surface area contributed by atoms with Gasteiger partial charge in [0.15, 0.2) is 0 Å². The second-order valence-corrected chi connectivity index (χ2v) is 4.84. The van der Waals surface area contributed by atoms with E-state index in [-0.39, 0.29) is 0 Å². The number of halogens is 1. The predicted molar refractivity (Wildman–Crippen MR) is 73.7 cm³/mol. The number of hydrogen-bond acceptors (Lipinski definition) is 3. The van der Waals surface area contributed by atoms with E-state index in [4.69, 9.17) is 0 Å². The smallest absolute Gasteiger partial charge is 0.132 e. The molecule has 0 aliphatic carbocycles. The number of anilines is 2. The summed E-state index contributed by atoms with van der Waals surface area (Å²) in [7, 11) is 1.99. The molecular formula is C12H11BrN2S. The maximum Gasteiger partial charge on any atom is 0.132 e. The number of benzene rings is 1. The highest BCUT2D eigenvalue weighted by Crippen LogP contribution is 2.23. The average Bonchev–Trinajstić information content (AvgIpc) is 2.30. The van der Waals surface area contributed by atoms with Crippen LogP contribution in [-0.4, -0.2) is 12.0 Å². The third-order valence-electron chi connectivity index (χ3n) is 2.29. The van der Waals surface area contributed by atoms with Gasteiger partial charge in [-0.15, -0.1) is 12.6 Å². The van der Waals surface area contributed by atoms with E-state index in [9.17, 15) is 0 Å². The largest absolute Gasteiger partial charge is 0.329 e. The first-order valence-electron chi connectivity index (χ1n) is 4.81. The van der Waals surface area contributed by atoms with Crippen molar-refractivity contribution in [1.82, 2.24) is 4.98 Å². The molecule has 0 saturated carbocycles. The summed E-state index contributed by atoms with van der Waals surface area (Å²) in [4.78, 5) is 7.32. The fourth-order valence-corrected chi connectivity index (χ4v) is 1.76. The monoisotopic (exact) mass is 294 g/mol. The maximum atomic E-state index is 4.34. The van der Waals surface area contributed by atoms with Crippen LogP contribution in [0.15, 0.2) is 52.0 Å². The molecule has 82 valence electrons. The molecule has 0 N–H and O–H groups in total. The quantitative estimate of drug-likeness (QED) is 0.846. The Morgan fingerprint density at radius 3 is 2.38 bits per heavy atom. The first-order valence-corrected chi connectivity index (χ1v) is 6.05. The van der Waals surface area contributed by atoms with Crippen molar-refractivity contribution in [2.45, 2.75) is 4.90 Å². The van der Waals surface area contributed by atoms with Gasteiger partial charge in [0.05, 0.1) is 0 Å². The minimum Gasteiger partial charge on any atom is -0.329 e. The van der Waals surface area contributed by atoms with Gasteiger partial charge in [-0.3, -0.25) is 0 Å². The number of thiol groups is 1. The molecule has 1 aromatic carbocycles. The van der Waals surface area contributed by atoms with Crippen molar-refractivity contribution in [3.8, 4) is 0 Å². The molecule has 0 atom stereocenters. The first-order chi connectivity index (χ1) is 7.66. The normalized spacial score (nSPS) is 10.2. The summed E-state index contributed by atoms with van der Waals surface area (Å²) in [5.41, 5.74) is 1.09. The van der Waals surface area contributed by atoms with Gasteiger partial charge in [0, 0.05) is 28.3 Å². The standard InChI is InChI=1S/C12H11BrN2S/c1-15(10-3-5-11(16)6-4-10)12-7-2-9(13)8-14-12/h2-8,16H,1H3. The third-order valence-corrected chi connectivity index (χ3v) is 3.06. The Balaban J connectivity index is 2.28. The highest BCUT2D eigenvalue weighted by atomic mass is 79.9. The predicted octanol–water partition coefficient (Wildman–Crippen LogP) is 3.90. The van der Waals surface area contributed by atoms with Crippen molar-refractivity contribution in [2.75, 3.05) is 11.9 Å². The summed E-state index contributed by atoms with van der Waals surface area (Å²) in [6.07, 6.45) is 1.79. The maximum absolute atomic E-state index is 4.34. The van der Waals surface area contributed by atoms with Gasteiger partial charge >= 0.3 is 0 Å². The zero-order valence-electron chi connectivity index (χ0n) is 8.76. The molecule has 1 aromatic heterocycles. The number of pyridine rings is 1. The Morgan fingerprint density at radius 2 is 1.81 bits per heavy atom. The van der Waals surface area contributed by atoms with Crippen molar-refractivity contribution < 1.29 is 0 Å². The average molecular weight is 295 g/mol. The van der Waals surface area contributed by atoms with E-state index < -0.39 is 0 Å². The SMILES string of the molecule is CN(c1ccc(S)cc1)c1ccc(Br)cn1. The Labute approximate surface area is 109 Å². The lowest BCUT2D eigenvalue weighted by Gasteiger charge is -2.18. The zero-order chi connectivity index (χ0) is 11.5. The highest BCUT2D eigenvalue weighted by Gasteiger charge is 2.04. The number of aromatic nitrogens is 1. The molecule has 0 bridgehead atoms. The van der Waals surface area contributed by atoms with E-state index in [1.807, 2.05) is 48.3 Å². The van der Waals surface area contributed by atoms with Crippen LogP contribution < -0.4 is 4.90 Å². The van der Waals surface area contributed by atoms with Crippen LogP contribution >= 0.6 is 28.6 Å². The first kappa shape index (κ1) is 11.5. The number of hydrogen-bond donors (Lipinski definition) is 1. The van der Waals surface area contributed by atoms with Gasteiger partial charge in [0.25, 0.3) is 0 Å². The molecule has 0 saturated heterocycles. The zero-order valence-corrected chi connectivity index (χ0v) is 11.2. The molecule has 0 amide bonds. The molecule has 2 aromatic rings. The van der Waals surface area contributed by atoms with E-state index in [0.717, 1.165) is 20.9 Å². The van der Waals surface area contributed by atoms with Gasteiger partial charge in [-0.05, 0) is 52.3 Å². The molecular weight excluding hydrogens is 284 g/mol. The van der Waals surface area contributed by atoms with Crippen molar-refractivity contribution >= 4 is 40.1 Å². The molecule has 16 heavy (non-hydrogen) atoms. The van der Waals surface area contributed by atoms with Crippen LogP contribution in [0.1, 0.15) is 0 Å². The van der Waals surface area contributed by atoms with Crippen molar-refractivity contribution in [1.29, 1.82) is 0 Å². The summed E-state index contributed by atoms with van der Waals surface area (Å²) in [6.45, 7) is 0. The highest BCUT2D eigenvalue weighted by molar-refractivity contribution is 9.10. The Bertz CT molecular complexity index is 422. The summed E-state index contributed by atoms with van der Waals surface area (Å²) in [5.74, 6) is 0.912. The molecule has 2 nitrogen and oxygen atoms in total. The fraction of sp³-hybridized carbons (Fsp3) is 0.0833. The second-order valence-electron chi connectivity index (χ2n) is 3.41. The van der Waals surface area contributed by atoms with Crippen molar-refractivity contribution in [2.24, 2.45) is 0 Å². The summed E-state index contributed by atoms with van der Waals surface area (Å²) < 4.78 is 0.982. The van der Waals surface area contributed by atoms with Gasteiger partial charge in [-0.1, -0.05) is 0 Å². The van der Waals surface area contributed by atoms with Crippen molar-refractivity contribution in [3.63, 3.8) is 0 Å². The molecule has 0 fully saturated rings.